The van der Waals surface area contributed by atoms with Crippen molar-refractivity contribution in [3.8, 4) is 0 Å². The summed E-state index contributed by atoms with van der Waals surface area (Å²) in [7, 11) is 0. The molecule has 0 amide bonds. The summed E-state index contributed by atoms with van der Waals surface area (Å²) in [5, 5.41) is 0. The lowest BCUT2D eigenvalue weighted by Gasteiger charge is -2.06. The molecule has 1 aliphatic rings. The summed E-state index contributed by atoms with van der Waals surface area (Å²) in [5.41, 5.74) is 8.71. The first kappa shape index (κ1) is 8.27. The molecule has 0 spiro atoms. The van der Waals surface area contributed by atoms with Crippen LogP contribution in [0, 0.1) is 0 Å². The van der Waals surface area contributed by atoms with Crippen molar-refractivity contribution in [3.05, 3.63) is 33.8 Å². The van der Waals surface area contributed by atoms with Gasteiger partial charge in [-0.1, -0.05) is 35.0 Å². The van der Waals surface area contributed by atoms with Crippen LogP contribution in [0.2, 0.25) is 0 Å². The third-order valence-corrected chi connectivity index (χ3v) is 3.28. The second-order valence-corrected chi connectivity index (χ2v) is 4.34. The molecule has 0 fully saturated rings. The smallest absolute Gasteiger partial charge is 0.0303 e. The Morgan fingerprint density at radius 1 is 1.50 bits per heavy atom. The van der Waals surface area contributed by atoms with Gasteiger partial charge in [-0.05, 0) is 29.5 Å². The zero-order valence-electron chi connectivity index (χ0n) is 7.05. The minimum Gasteiger partial charge on any atom is -0.324 e. The Hall–Kier alpha value is -0.340. The number of rotatable bonds is 0. The van der Waals surface area contributed by atoms with Crippen molar-refractivity contribution in [1.29, 1.82) is 0 Å². The van der Waals surface area contributed by atoms with Crippen molar-refractivity contribution in [1.82, 2.24) is 0 Å². The molecule has 64 valence electrons. The summed E-state index contributed by atoms with van der Waals surface area (Å²) >= 11 is 3.56. The number of halogens is 1. The number of hydrogen-bond donors (Lipinski definition) is 1. The molecule has 0 aromatic heterocycles. The van der Waals surface area contributed by atoms with Crippen LogP contribution < -0.4 is 5.73 Å². The van der Waals surface area contributed by atoms with E-state index in [0.717, 1.165) is 6.42 Å². The maximum absolute atomic E-state index is 5.98. The average molecular weight is 226 g/mol. The molecule has 0 heterocycles. The maximum atomic E-state index is 5.98. The molecule has 2 atom stereocenters. The molecule has 1 aromatic carbocycles. The van der Waals surface area contributed by atoms with E-state index in [9.17, 15) is 0 Å². The molecule has 12 heavy (non-hydrogen) atoms. The Labute approximate surface area is 81.1 Å². The van der Waals surface area contributed by atoms with Crippen LogP contribution in [0.1, 0.15) is 36.4 Å². The zero-order valence-corrected chi connectivity index (χ0v) is 8.64. The lowest BCUT2D eigenvalue weighted by Crippen LogP contribution is -2.04. The van der Waals surface area contributed by atoms with Crippen LogP contribution >= 0.6 is 15.9 Å². The molecule has 1 aliphatic carbocycles. The third-order valence-electron chi connectivity index (χ3n) is 2.59. The molecule has 2 unspecified atom stereocenters. The van der Waals surface area contributed by atoms with Crippen molar-refractivity contribution in [3.63, 3.8) is 0 Å². The average Bonchev–Trinajstić information content (AvgIpc) is 2.29. The van der Waals surface area contributed by atoms with Gasteiger partial charge in [-0.15, -0.1) is 0 Å². The number of benzene rings is 1. The maximum Gasteiger partial charge on any atom is 0.0303 e. The quantitative estimate of drug-likeness (QED) is 0.723. The van der Waals surface area contributed by atoms with Gasteiger partial charge in [0.15, 0.2) is 0 Å². The molecule has 0 bridgehead atoms. The molecule has 0 aliphatic heterocycles. The highest BCUT2D eigenvalue weighted by Crippen LogP contribution is 2.42. The largest absolute Gasteiger partial charge is 0.324 e. The van der Waals surface area contributed by atoms with E-state index in [1.54, 1.807) is 0 Å². The molecule has 0 saturated carbocycles. The molecular formula is C10H12BrN. The van der Waals surface area contributed by atoms with Gasteiger partial charge in [0.2, 0.25) is 0 Å². The van der Waals surface area contributed by atoms with E-state index in [0.29, 0.717) is 5.92 Å². The minimum absolute atomic E-state index is 0.243. The molecule has 1 nitrogen and oxygen atoms in total. The summed E-state index contributed by atoms with van der Waals surface area (Å²) < 4.78 is 1.21. The van der Waals surface area contributed by atoms with Crippen LogP contribution in [0.25, 0.3) is 0 Å². The van der Waals surface area contributed by atoms with Crippen LogP contribution in [0.4, 0.5) is 0 Å². The van der Waals surface area contributed by atoms with Crippen molar-refractivity contribution < 1.29 is 0 Å². The van der Waals surface area contributed by atoms with Gasteiger partial charge in [-0.2, -0.15) is 0 Å². The summed E-state index contributed by atoms with van der Waals surface area (Å²) in [6.07, 6.45) is 1.08. The van der Waals surface area contributed by atoms with E-state index in [1.807, 2.05) is 0 Å². The summed E-state index contributed by atoms with van der Waals surface area (Å²) in [4.78, 5) is 0. The minimum atomic E-state index is 0.243. The van der Waals surface area contributed by atoms with Gasteiger partial charge in [0.05, 0.1) is 0 Å². The standard InChI is InChI=1S/C10H12BrN/c1-6-5-9(12)7-3-2-4-8(11)10(6)7/h2-4,6,9H,5,12H2,1H3. The predicted molar refractivity (Wildman–Crippen MR) is 54.1 cm³/mol. The summed E-state index contributed by atoms with van der Waals surface area (Å²) in [6, 6.07) is 6.52. The van der Waals surface area contributed by atoms with E-state index in [-0.39, 0.29) is 6.04 Å². The molecule has 0 radical (unpaired) electrons. The first-order valence-corrected chi connectivity index (χ1v) is 5.03. The van der Waals surface area contributed by atoms with Crippen LogP contribution in [0.15, 0.2) is 22.7 Å². The van der Waals surface area contributed by atoms with Crippen molar-refractivity contribution in [2.24, 2.45) is 5.73 Å². The van der Waals surface area contributed by atoms with Crippen LogP contribution in [-0.2, 0) is 0 Å². The molecule has 2 N–H and O–H groups in total. The highest BCUT2D eigenvalue weighted by atomic mass is 79.9. The van der Waals surface area contributed by atoms with Crippen molar-refractivity contribution in [2.45, 2.75) is 25.3 Å². The number of hydrogen-bond acceptors (Lipinski definition) is 1. The zero-order chi connectivity index (χ0) is 8.72. The first-order chi connectivity index (χ1) is 5.70. The Kier molecular flexibility index (Phi) is 1.97. The van der Waals surface area contributed by atoms with E-state index in [1.165, 1.54) is 15.6 Å². The van der Waals surface area contributed by atoms with Gasteiger partial charge in [-0.25, -0.2) is 0 Å². The first-order valence-electron chi connectivity index (χ1n) is 4.24. The molecule has 2 heteroatoms. The topological polar surface area (TPSA) is 26.0 Å². The molecular weight excluding hydrogens is 214 g/mol. The normalized spacial score (nSPS) is 27.2. The van der Waals surface area contributed by atoms with Crippen LogP contribution in [0.5, 0.6) is 0 Å². The Bertz CT molecular complexity index is 309. The van der Waals surface area contributed by atoms with Gasteiger partial charge < -0.3 is 5.73 Å². The number of fused-ring (bicyclic) bond motifs is 1. The molecule has 0 saturated heterocycles. The number of nitrogens with two attached hydrogens (primary N) is 1. The highest BCUT2D eigenvalue weighted by molar-refractivity contribution is 9.10. The fraction of sp³-hybridized carbons (Fsp3) is 0.400. The van der Waals surface area contributed by atoms with Crippen LogP contribution in [0.3, 0.4) is 0 Å². The van der Waals surface area contributed by atoms with Gasteiger partial charge in [0.1, 0.15) is 0 Å². The fourth-order valence-electron chi connectivity index (χ4n) is 2.02. The third kappa shape index (κ3) is 1.10. The fourth-order valence-corrected chi connectivity index (χ4v) is 2.79. The van der Waals surface area contributed by atoms with Gasteiger partial charge in [0, 0.05) is 10.5 Å². The summed E-state index contributed by atoms with van der Waals surface area (Å²) in [6.45, 7) is 2.23. The van der Waals surface area contributed by atoms with Gasteiger partial charge in [0.25, 0.3) is 0 Å². The lowest BCUT2D eigenvalue weighted by atomic mass is 10.0. The lowest BCUT2D eigenvalue weighted by molar-refractivity contribution is 0.639. The SMILES string of the molecule is CC1CC(N)c2cccc(Br)c21. The van der Waals surface area contributed by atoms with E-state index < -0.39 is 0 Å². The van der Waals surface area contributed by atoms with E-state index in [4.69, 9.17) is 5.73 Å². The van der Waals surface area contributed by atoms with Crippen molar-refractivity contribution in [2.75, 3.05) is 0 Å². The van der Waals surface area contributed by atoms with E-state index >= 15 is 0 Å². The Morgan fingerprint density at radius 2 is 2.25 bits per heavy atom. The predicted octanol–water partition coefficient (Wildman–Crippen LogP) is 2.96. The molecule has 2 rings (SSSR count). The second kappa shape index (κ2) is 2.86. The van der Waals surface area contributed by atoms with Gasteiger partial charge in [-0.3, -0.25) is 0 Å². The van der Waals surface area contributed by atoms with Crippen molar-refractivity contribution >= 4 is 15.9 Å². The monoisotopic (exact) mass is 225 g/mol. The van der Waals surface area contributed by atoms with Gasteiger partial charge >= 0.3 is 0 Å². The molecule has 1 aromatic rings. The summed E-state index contributed by atoms with van der Waals surface area (Å²) in [5.74, 6) is 0.602. The van der Waals surface area contributed by atoms with Crippen LogP contribution in [-0.4, -0.2) is 0 Å². The highest BCUT2D eigenvalue weighted by Gasteiger charge is 2.26. The van der Waals surface area contributed by atoms with E-state index in [2.05, 4.69) is 41.1 Å². The Balaban J connectivity index is 2.59. The second-order valence-electron chi connectivity index (χ2n) is 3.49. The Morgan fingerprint density at radius 3 is 2.92 bits per heavy atom.